The number of benzene rings is 2. The lowest BCUT2D eigenvalue weighted by molar-refractivity contribution is -0.122. The lowest BCUT2D eigenvalue weighted by Gasteiger charge is -2.13. The minimum Gasteiger partial charge on any atom is -0.497 e. The summed E-state index contributed by atoms with van der Waals surface area (Å²) < 4.78 is 23.7. The highest BCUT2D eigenvalue weighted by Gasteiger charge is 2.16. The Morgan fingerprint density at radius 1 is 1.15 bits per heavy atom. The van der Waals surface area contributed by atoms with Crippen molar-refractivity contribution in [3.8, 4) is 11.5 Å². The van der Waals surface area contributed by atoms with Crippen molar-refractivity contribution in [3.05, 3.63) is 71.0 Å². The molecule has 140 valence electrons. The maximum absolute atomic E-state index is 13.0. The summed E-state index contributed by atoms with van der Waals surface area (Å²) in [5.41, 5.74) is 0.981. The second kappa shape index (κ2) is 8.64. The molecule has 0 saturated carbocycles. The fraction of sp³-hybridized carbons (Fsp3) is 0.200. The van der Waals surface area contributed by atoms with Crippen LogP contribution in [-0.4, -0.2) is 24.1 Å². The van der Waals surface area contributed by atoms with E-state index in [9.17, 15) is 9.18 Å². The van der Waals surface area contributed by atoms with Crippen molar-refractivity contribution in [2.75, 3.05) is 12.4 Å². The number of thiazole rings is 1. The topological polar surface area (TPSA) is 60.5 Å². The van der Waals surface area contributed by atoms with Gasteiger partial charge in [0, 0.05) is 17.5 Å². The number of rotatable bonds is 7. The summed E-state index contributed by atoms with van der Waals surface area (Å²) in [6.07, 6.45) is 1.66. The normalized spacial score (nSPS) is 11.7. The van der Waals surface area contributed by atoms with Crippen molar-refractivity contribution < 1.29 is 18.7 Å². The number of halogens is 1. The van der Waals surface area contributed by atoms with Crippen molar-refractivity contribution in [2.24, 2.45) is 0 Å². The summed E-state index contributed by atoms with van der Waals surface area (Å²) in [4.78, 5) is 17.5. The van der Waals surface area contributed by atoms with Crippen LogP contribution in [0.4, 0.5) is 9.52 Å². The SMILES string of the molecule is COc1ccc(OC(C)C(=O)Nc2ncc(Cc3ccc(F)cc3)s2)cc1. The van der Waals surface area contributed by atoms with Crippen LogP contribution in [0.3, 0.4) is 0 Å². The molecule has 3 rings (SSSR count). The number of hydrogen-bond donors (Lipinski definition) is 1. The second-order valence-electron chi connectivity index (χ2n) is 5.86. The number of nitrogens with zero attached hydrogens (tertiary/aromatic N) is 1. The lowest BCUT2D eigenvalue weighted by Crippen LogP contribution is -2.30. The van der Waals surface area contributed by atoms with Crippen LogP contribution in [-0.2, 0) is 11.2 Å². The number of aromatic nitrogens is 1. The zero-order valence-electron chi connectivity index (χ0n) is 14.9. The van der Waals surface area contributed by atoms with Gasteiger partial charge < -0.3 is 9.47 Å². The third kappa shape index (κ3) is 5.27. The van der Waals surface area contributed by atoms with Crippen LogP contribution in [0.5, 0.6) is 11.5 Å². The molecule has 0 aliphatic carbocycles. The van der Waals surface area contributed by atoms with Gasteiger partial charge in [-0.25, -0.2) is 9.37 Å². The van der Waals surface area contributed by atoms with Crippen LogP contribution in [0, 0.1) is 5.82 Å². The van der Waals surface area contributed by atoms with E-state index in [1.165, 1.54) is 23.5 Å². The van der Waals surface area contributed by atoms with Gasteiger partial charge in [0.05, 0.1) is 7.11 Å². The molecule has 0 bridgehead atoms. The van der Waals surface area contributed by atoms with Gasteiger partial charge in [-0.15, -0.1) is 11.3 Å². The number of ether oxygens (including phenoxy) is 2. The highest BCUT2D eigenvalue weighted by molar-refractivity contribution is 7.15. The number of carbonyl (C=O) groups excluding carboxylic acids is 1. The Hall–Kier alpha value is -2.93. The Kier molecular flexibility index (Phi) is 6.03. The van der Waals surface area contributed by atoms with E-state index in [1.54, 1.807) is 56.6 Å². The van der Waals surface area contributed by atoms with Gasteiger partial charge in [-0.2, -0.15) is 0 Å². The lowest BCUT2D eigenvalue weighted by atomic mass is 10.1. The van der Waals surface area contributed by atoms with E-state index in [-0.39, 0.29) is 11.7 Å². The molecule has 5 nitrogen and oxygen atoms in total. The predicted molar refractivity (Wildman–Crippen MR) is 103 cm³/mol. The molecule has 1 N–H and O–H groups in total. The first-order valence-corrected chi connectivity index (χ1v) is 9.16. The van der Waals surface area contributed by atoms with Crippen LogP contribution in [0.15, 0.2) is 54.7 Å². The molecule has 3 aromatic rings. The number of amides is 1. The maximum Gasteiger partial charge on any atom is 0.266 e. The van der Waals surface area contributed by atoms with Gasteiger partial charge >= 0.3 is 0 Å². The summed E-state index contributed by atoms with van der Waals surface area (Å²) in [6, 6.07) is 13.3. The van der Waals surface area contributed by atoms with Crippen molar-refractivity contribution in [1.82, 2.24) is 4.98 Å². The van der Waals surface area contributed by atoms with Gasteiger partial charge in [-0.1, -0.05) is 12.1 Å². The van der Waals surface area contributed by atoms with E-state index < -0.39 is 6.10 Å². The number of anilines is 1. The first-order valence-electron chi connectivity index (χ1n) is 8.34. The summed E-state index contributed by atoms with van der Waals surface area (Å²) in [6.45, 7) is 1.67. The van der Waals surface area contributed by atoms with Crippen molar-refractivity contribution >= 4 is 22.4 Å². The summed E-state index contributed by atoms with van der Waals surface area (Å²) in [7, 11) is 1.59. The van der Waals surface area contributed by atoms with Crippen LogP contribution >= 0.6 is 11.3 Å². The standard InChI is InChI=1S/C20H19FN2O3S/c1-13(26-17-9-7-16(25-2)8-10-17)19(24)23-20-22-12-18(27-20)11-14-3-5-15(21)6-4-14/h3-10,12-13H,11H2,1-2H3,(H,22,23,24). The van der Waals surface area contributed by atoms with Crippen LogP contribution in [0.25, 0.3) is 0 Å². The van der Waals surface area contributed by atoms with Gasteiger partial charge in [0.1, 0.15) is 17.3 Å². The molecule has 2 aromatic carbocycles. The number of nitrogens with one attached hydrogen (secondary N) is 1. The van der Waals surface area contributed by atoms with Crippen LogP contribution < -0.4 is 14.8 Å². The minimum atomic E-state index is -0.678. The second-order valence-corrected chi connectivity index (χ2v) is 6.98. The van der Waals surface area contributed by atoms with Gasteiger partial charge in [0.15, 0.2) is 11.2 Å². The Balaban J connectivity index is 1.55. The Morgan fingerprint density at radius 3 is 2.48 bits per heavy atom. The van der Waals surface area contributed by atoms with E-state index in [0.29, 0.717) is 17.3 Å². The molecule has 0 aliphatic heterocycles. The molecule has 0 saturated heterocycles. The molecule has 1 amide bonds. The molecule has 0 radical (unpaired) electrons. The fourth-order valence-electron chi connectivity index (χ4n) is 2.37. The Morgan fingerprint density at radius 2 is 1.81 bits per heavy atom. The monoisotopic (exact) mass is 386 g/mol. The van der Waals surface area contributed by atoms with Crippen LogP contribution in [0.2, 0.25) is 0 Å². The summed E-state index contributed by atoms with van der Waals surface area (Å²) in [5, 5.41) is 3.26. The molecule has 1 heterocycles. The number of carbonyl (C=O) groups is 1. The zero-order valence-corrected chi connectivity index (χ0v) is 15.8. The molecule has 1 unspecified atom stereocenters. The highest BCUT2D eigenvalue weighted by atomic mass is 32.1. The fourth-order valence-corrected chi connectivity index (χ4v) is 3.22. The average Bonchev–Trinajstić information content (AvgIpc) is 3.11. The van der Waals surface area contributed by atoms with E-state index in [4.69, 9.17) is 9.47 Å². The van der Waals surface area contributed by atoms with Gasteiger partial charge in [0.25, 0.3) is 5.91 Å². The quantitative estimate of drug-likeness (QED) is 0.658. The first-order chi connectivity index (χ1) is 13.0. The average molecular weight is 386 g/mol. The smallest absolute Gasteiger partial charge is 0.266 e. The third-order valence-electron chi connectivity index (χ3n) is 3.82. The van der Waals surface area contributed by atoms with Crippen molar-refractivity contribution in [2.45, 2.75) is 19.4 Å². The molecular weight excluding hydrogens is 367 g/mol. The van der Waals surface area contributed by atoms with Crippen molar-refractivity contribution in [3.63, 3.8) is 0 Å². The number of hydrogen-bond acceptors (Lipinski definition) is 5. The molecule has 0 aliphatic rings. The molecular formula is C20H19FN2O3S. The predicted octanol–water partition coefficient (Wildman–Crippen LogP) is 4.29. The third-order valence-corrected chi connectivity index (χ3v) is 4.73. The molecule has 7 heteroatoms. The molecule has 0 spiro atoms. The van der Waals surface area contributed by atoms with E-state index in [2.05, 4.69) is 10.3 Å². The summed E-state index contributed by atoms with van der Waals surface area (Å²) in [5.74, 6) is 0.751. The van der Waals surface area contributed by atoms with Gasteiger partial charge in [-0.05, 0) is 48.9 Å². The molecule has 1 atom stereocenters. The van der Waals surface area contributed by atoms with Gasteiger partial charge in [0.2, 0.25) is 0 Å². The van der Waals surface area contributed by atoms with Gasteiger partial charge in [-0.3, -0.25) is 10.1 Å². The Labute approximate surface area is 160 Å². The van der Waals surface area contributed by atoms with E-state index in [1.807, 2.05) is 0 Å². The minimum absolute atomic E-state index is 0.262. The van der Waals surface area contributed by atoms with E-state index in [0.717, 1.165) is 16.2 Å². The first kappa shape index (κ1) is 18.8. The molecule has 27 heavy (non-hydrogen) atoms. The summed E-state index contributed by atoms with van der Waals surface area (Å²) >= 11 is 1.38. The largest absolute Gasteiger partial charge is 0.497 e. The van der Waals surface area contributed by atoms with Crippen molar-refractivity contribution in [1.29, 1.82) is 0 Å². The molecule has 0 fully saturated rings. The van der Waals surface area contributed by atoms with E-state index >= 15 is 0 Å². The maximum atomic E-state index is 13.0. The highest BCUT2D eigenvalue weighted by Crippen LogP contribution is 2.22. The zero-order chi connectivity index (χ0) is 19.2. The Bertz CT molecular complexity index is 894. The van der Waals surface area contributed by atoms with Crippen LogP contribution in [0.1, 0.15) is 17.4 Å². The number of methoxy groups -OCH3 is 1. The molecule has 1 aromatic heterocycles.